The number of halogens is 2. The van der Waals surface area contributed by atoms with Crippen LogP contribution < -0.4 is 5.32 Å². The summed E-state index contributed by atoms with van der Waals surface area (Å²) in [4.78, 5) is 20.0. The Bertz CT molecular complexity index is 924. The fraction of sp³-hybridized carbons (Fsp3) is 0. The summed E-state index contributed by atoms with van der Waals surface area (Å²) in [6, 6.07) is 14.3. The molecule has 1 aromatic heterocycles. The highest BCUT2D eigenvalue weighted by Crippen LogP contribution is 2.38. The van der Waals surface area contributed by atoms with Gasteiger partial charge in [0.05, 0.1) is 10.6 Å². The molecule has 0 spiro atoms. The minimum absolute atomic E-state index is 0.128. The SMILES string of the molecule is O=[N+]([O-])c1c(Nc2ccccc2Br)ncnc1Sc1ccc(Cl)cc1. The molecule has 6 nitrogen and oxygen atoms in total. The molecule has 25 heavy (non-hydrogen) atoms. The quantitative estimate of drug-likeness (QED) is 0.313. The molecule has 3 aromatic rings. The van der Waals surface area contributed by atoms with E-state index in [4.69, 9.17) is 11.6 Å². The lowest BCUT2D eigenvalue weighted by Gasteiger charge is -2.09. The molecule has 0 unspecified atom stereocenters. The average Bonchev–Trinajstić information content (AvgIpc) is 2.59. The van der Waals surface area contributed by atoms with Crippen LogP contribution in [0.4, 0.5) is 17.2 Å². The van der Waals surface area contributed by atoms with Crippen molar-refractivity contribution >= 4 is 56.5 Å². The Morgan fingerprint density at radius 1 is 1.12 bits per heavy atom. The number of para-hydroxylation sites is 1. The first kappa shape index (κ1) is 17.7. The molecule has 9 heteroatoms. The van der Waals surface area contributed by atoms with Crippen molar-refractivity contribution in [2.24, 2.45) is 0 Å². The van der Waals surface area contributed by atoms with Gasteiger partial charge < -0.3 is 5.32 Å². The van der Waals surface area contributed by atoms with Crippen molar-refractivity contribution < 1.29 is 4.92 Å². The third-order valence-electron chi connectivity index (χ3n) is 3.13. The summed E-state index contributed by atoms with van der Waals surface area (Å²) in [6.07, 6.45) is 1.30. The molecular weight excluding hydrogens is 428 g/mol. The number of hydrogen-bond acceptors (Lipinski definition) is 6. The van der Waals surface area contributed by atoms with Gasteiger partial charge >= 0.3 is 5.69 Å². The van der Waals surface area contributed by atoms with Crippen molar-refractivity contribution in [3.8, 4) is 0 Å². The fourth-order valence-electron chi connectivity index (χ4n) is 2.00. The first-order valence-corrected chi connectivity index (χ1v) is 8.97. The Morgan fingerprint density at radius 3 is 2.52 bits per heavy atom. The molecular formula is C16H10BrClN4O2S. The van der Waals surface area contributed by atoms with Gasteiger partial charge in [-0.1, -0.05) is 35.5 Å². The van der Waals surface area contributed by atoms with Crippen LogP contribution >= 0.6 is 39.3 Å². The lowest BCUT2D eigenvalue weighted by atomic mass is 10.3. The van der Waals surface area contributed by atoms with E-state index in [0.29, 0.717) is 10.7 Å². The molecule has 0 amide bonds. The van der Waals surface area contributed by atoms with E-state index in [9.17, 15) is 10.1 Å². The number of nitrogens with one attached hydrogen (secondary N) is 1. The Labute approximate surface area is 160 Å². The number of rotatable bonds is 5. The fourth-order valence-corrected chi connectivity index (χ4v) is 3.37. The van der Waals surface area contributed by atoms with Crippen LogP contribution in [0.15, 0.2) is 69.3 Å². The van der Waals surface area contributed by atoms with Gasteiger partial charge in [-0.25, -0.2) is 9.97 Å². The molecule has 1 N–H and O–H groups in total. The molecule has 0 saturated heterocycles. The lowest BCUT2D eigenvalue weighted by Crippen LogP contribution is -2.03. The predicted molar refractivity (Wildman–Crippen MR) is 102 cm³/mol. The number of hydrogen-bond donors (Lipinski definition) is 1. The van der Waals surface area contributed by atoms with E-state index in [0.717, 1.165) is 9.37 Å². The van der Waals surface area contributed by atoms with Gasteiger partial charge in [0.25, 0.3) is 0 Å². The maximum Gasteiger partial charge on any atom is 0.343 e. The third-order valence-corrected chi connectivity index (χ3v) is 5.07. The number of nitro groups is 1. The van der Waals surface area contributed by atoms with Gasteiger partial charge in [0.1, 0.15) is 6.33 Å². The zero-order chi connectivity index (χ0) is 17.8. The summed E-state index contributed by atoms with van der Waals surface area (Å²) in [5, 5.41) is 15.4. The molecule has 0 fully saturated rings. The van der Waals surface area contributed by atoms with Gasteiger partial charge in [0, 0.05) is 14.4 Å². The van der Waals surface area contributed by atoms with E-state index in [1.54, 1.807) is 30.3 Å². The van der Waals surface area contributed by atoms with E-state index in [1.165, 1.54) is 18.1 Å². The van der Waals surface area contributed by atoms with Crippen molar-refractivity contribution in [3.05, 3.63) is 74.5 Å². The van der Waals surface area contributed by atoms with Crippen molar-refractivity contribution in [3.63, 3.8) is 0 Å². The molecule has 0 aliphatic heterocycles. The van der Waals surface area contributed by atoms with Crippen molar-refractivity contribution in [2.45, 2.75) is 9.92 Å². The summed E-state index contributed by atoms with van der Waals surface area (Å²) in [7, 11) is 0. The first-order chi connectivity index (χ1) is 12.0. The van der Waals surface area contributed by atoms with E-state index >= 15 is 0 Å². The van der Waals surface area contributed by atoms with Crippen LogP contribution in [-0.4, -0.2) is 14.9 Å². The van der Waals surface area contributed by atoms with Gasteiger partial charge in [0.2, 0.25) is 5.82 Å². The summed E-state index contributed by atoms with van der Waals surface area (Å²) in [6.45, 7) is 0. The second-order valence-corrected chi connectivity index (χ2v) is 7.15. The summed E-state index contributed by atoms with van der Waals surface area (Å²) >= 11 is 10.4. The Balaban J connectivity index is 1.98. The van der Waals surface area contributed by atoms with Crippen LogP contribution in [0.3, 0.4) is 0 Å². The van der Waals surface area contributed by atoms with Crippen LogP contribution in [0, 0.1) is 10.1 Å². The predicted octanol–water partition coefficient (Wildman–Crippen LogP) is 5.70. The first-order valence-electron chi connectivity index (χ1n) is 6.99. The largest absolute Gasteiger partial charge is 0.343 e. The van der Waals surface area contributed by atoms with E-state index < -0.39 is 4.92 Å². The Kier molecular flexibility index (Phi) is 5.52. The van der Waals surface area contributed by atoms with Gasteiger partial charge in [-0.3, -0.25) is 10.1 Å². The second kappa shape index (κ2) is 7.81. The smallest absolute Gasteiger partial charge is 0.333 e. The zero-order valence-corrected chi connectivity index (χ0v) is 15.7. The topological polar surface area (TPSA) is 81.0 Å². The van der Waals surface area contributed by atoms with Gasteiger partial charge in [-0.2, -0.15) is 0 Å². The molecule has 0 aliphatic carbocycles. The second-order valence-electron chi connectivity index (χ2n) is 4.79. The van der Waals surface area contributed by atoms with Crippen LogP contribution in [-0.2, 0) is 0 Å². The molecule has 0 radical (unpaired) electrons. The van der Waals surface area contributed by atoms with Crippen molar-refractivity contribution in [1.82, 2.24) is 9.97 Å². The molecule has 0 bridgehead atoms. The van der Waals surface area contributed by atoms with E-state index in [2.05, 4.69) is 31.2 Å². The molecule has 2 aromatic carbocycles. The van der Waals surface area contributed by atoms with Crippen molar-refractivity contribution in [2.75, 3.05) is 5.32 Å². The number of benzene rings is 2. The average molecular weight is 438 g/mol. The lowest BCUT2D eigenvalue weighted by molar-refractivity contribution is -0.387. The van der Waals surface area contributed by atoms with Crippen LogP contribution in [0.2, 0.25) is 5.02 Å². The highest BCUT2D eigenvalue weighted by atomic mass is 79.9. The molecule has 3 rings (SSSR count). The normalized spacial score (nSPS) is 10.5. The van der Waals surface area contributed by atoms with Crippen LogP contribution in [0.1, 0.15) is 0 Å². The van der Waals surface area contributed by atoms with E-state index in [1.807, 2.05) is 18.2 Å². The minimum Gasteiger partial charge on any atom is -0.333 e. The number of aromatic nitrogens is 2. The van der Waals surface area contributed by atoms with Gasteiger partial charge in [0.15, 0.2) is 5.03 Å². The number of nitrogens with zero attached hydrogens (tertiary/aromatic N) is 3. The maximum absolute atomic E-state index is 11.6. The molecule has 126 valence electrons. The highest BCUT2D eigenvalue weighted by Gasteiger charge is 2.24. The molecule has 0 atom stereocenters. The summed E-state index contributed by atoms with van der Waals surface area (Å²) in [5.41, 5.74) is 0.491. The summed E-state index contributed by atoms with van der Waals surface area (Å²) in [5.74, 6) is 0.128. The molecule has 0 saturated carbocycles. The Morgan fingerprint density at radius 2 is 1.84 bits per heavy atom. The van der Waals surface area contributed by atoms with Crippen LogP contribution in [0.25, 0.3) is 0 Å². The van der Waals surface area contributed by atoms with Gasteiger partial charge in [-0.05, 0) is 52.3 Å². The maximum atomic E-state index is 11.6. The highest BCUT2D eigenvalue weighted by molar-refractivity contribution is 9.10. The Hall–Kier alpha value is -2.16. The molecule has 0 aliphatic rings. The number of anilines is 2. The zero-order valence-electron chi connectivity index (χ0n) is 12.5. The minimum atomic E-state index is -0.489. The third kappa shape index (κ3) is 4.28. The summed E-state index contributed by atoms with van der Waals surface area (Å²) < 4.78 is 0.773. The van der Waals surface area contributed by atoms with Crippen molar-refractivity contribution in [1.29, 1.82) is 0 Å². The van der Waals surface area contributed by atoms with E-state index in [-0.39, 0.29) is 16.5 Å². The molecule has 1 heterocycles. The van der Waals surface area contributed by atoms with Gasteiger partial charge in [-0.15, -0.1) is 0 Å². The monoisotopic (exact) mass is 436 g/mol. The standard InChI is InChI=1S/C16H10BrClN4O2S/c17-12-3-1-2-4-13(12)21-15-14(22(23)24)16(20-9-19-15)25-11-7-5-10(18)6-8-11/h1-9H,(H,19,20,21). The van der Waals surface area contributed by atoms with Crippen LogP contribution in [0.5, 0.6) is 0 Å².